The number of ether oxygens (including phenoxy) is 1. The number of nitrogens with zero attached hydrogens (tertiary/aromatic N) is 3. The van der Waals surface area contributed by atoms with Crippen LogP contribution in [0.25, 0.3) is 22.3 Å². The van der Waals surface area contributed by atoms with Crippen molar-refractivity contribution in [3.63, 3.8) is 0 Å². The maximum atomic E-state index is 12.6. The fourth-order valence-electron chi connectivity index (χ4n) is 4.36. The fourth-order valence-corrected chi connectivity index (χ4v) is 4.36. The summed E-state index contributed by atoms with van der Waals surface area (Å²) in [5.41, 5.74) is 5.93. The van der Waals surface area contributed by atoms with Gasteiger partial charge < -0.3 is 19.9 Å². The highest BCUT2D eigenvalue weighted by Crippen LogP contribution is 2.30. The second kappa shape index (κ2) is 9.50. The van der Waals surface area contributed by atoms with Gasteiger partial charge in [0.25, 0.3) is 0 Å². The van der Waals surface area contributed by atoms with E-state index in [4.69, 9.17) is 4.74 Å². The molecule has 3 heterocycles. The Balaban J connectivity index is 1.27. The van der Waals surface area contributed by atoms with Crippen molar-refractivity contribution in [1.82, 2.24) is 15.0 Å². The van der Waals surface area contributed by atoms with Crippen LogP contribution in [-0.4, -0.2) is 47.2 Å². The Morgan fingerprint density at radius 2 is 1.74 bits per heavy atom. The van der Waals surface area contributed by atoms with Crippen LogP contribution >= 0.6 is 0 Å². The van der Waals surface area contributed by atoms with Crippen molar-refractivity contribution in [2.45, 2.75) is 32.6 Å². The van der Waals surface area contributed by atoms with Crippen LogP contribution in [0.1, 0.15) is 31.9 Å². The number of anilines is 2. The summed E-state index contributed by atoms with van der Waals surface area (Å²) in [6.45, 7) is 9.61. The molecule has 0 spiro atoms. The SMILES string of the molecule is CC(C)(C)c1ccc(CC(=O)Nc2ccc(-c3cc4c(N5CCOCC5)ncnc4[nH]3)cc2)cc1. The van der Waals surface area contributed by atoms with E-state index in [0.717, 1.165) is 52.4 Å². The van der Waals surface area contributed by atoms with Crippen LogP contribution in [0.3, 0.4) is 0 Å². The summed E-state index contributed by atoms with van der Waals surface area (Å²) < 4.78 is 5.47. The highest BCUT2D eigenvalue weighted by atomic mass is 16.5. The van der Waals surface area contributed by atoms with Gasteiger partial charge in [0, 0.05) is 24.5 Å². The molecule has 0 bridgehead atoms. The molecule has 1 fully saturated rings. The molecule has 2 aromatic carbocycles. The van der Waals surface area contributed by atoms with Crippen LogP contribution < -0.4 is 10.2 Å². The Kier molecular flexibility index (Phi) is 6.26. The van der Waals surface area contributed by atoms with E-state index in [1.54, 1.807) is 6.33 Å². The zero-order chi connectivity index (χ0) is 24.4. The monoisotopic (exact) mass is 469 g/mol. The molecule has 0 saturated carbocycles. The minimum Gasteiger partial charge on any atom is -0.378 e. The molecule has 35 heavy (non-hydrogen) atoms. The average Bonchev–Trinajstić information content (AvgIpc) is 3.29. The van der Waals surface area contributed by atoms with Crippen molar-refractivity contribution in [2.75, 3.05) is 36.5 Å². The predicted octanol–water partition coefficient (Wildman–Crippen LogP) is 4.94. The number of H-pyrrole nitrogens is 1. The number of morpholine rings is 1. The van der Waals surface area contributed by atoms with Crippen molar-refractivity contribution in [2.24, 2.45) is 0 Å². The van der Waals surface area contributed by atoms with Gasteiger partial charge in [0.05, 0.1) is 25.0 Å². The van der Waals surface area contributed by atoms with E-state index in [-0.39, 0.29) is 11.3 Å². The number of fused-ring (bicyclic) bond motifs is 1. The molecule has 7 nitrogen and oxygen atoms in total. The molecule has 2 N–H and O–H groups in total. The normalized spacial score (nSPS) is 14.3. The number of aromatic nitrogens is 3. The van der Waals surface area contributed by atoms with E-state index in [1.165, 1.54) is 5.56 Å². The topological polar surface area (TPSA) is 83.1 Å². The molecule has 5 rings (SSSR count). The molecule has 2 aromatic heterocycles. The van der Waals surface area contributed by atoms with Crippen molar-refractivity contribution in [3.05, 3.63) is 72.1 Å². The molecule has 0 aliphatic carbocycles. The van der Waals surface area contributed by atoms with E-state index >= 15 is 0 Å². The van der Waals surface area contributed by atoms with Gasteiger partial charge in [-0.1, -0.05) is 57.2 Å². The lowest BCUT2D eigenvalue weighted by atomic mass is 9.86. The zero-order valence-electron chi connectivity index (χ0n) is 20.5. The molecule has 4 aromatic rings. The van der Waals surface area contributed by atoms with Crippen LogP contribution in [-0.2, 0) is 21.4 Å². The first-order valence-corrected chi connectivity index (χ1v) is 12.0. The number of nitrogens with one attached hydrogen (secondary N) is 2. The molecule has 0 unspecified atom stereocenters. The molecular weight excluding hydrogens is 438 g/mol. The Morgan fingerprint density at radius 3 is 2.43 bits per heavy atom. The van der Waals surface area contributed by atoms with Crippen LogP contribution in [0.15, 0.2) is 60.9 Å². The highest BCUT2D eigenvalue weighted by molar-refractivity contribution is 5.94. The number of carbonyl (C=O) groups is 1. The zero-order valence-corrected chi connectivity index (χ0v) is 20.5. The van der Waals surface area contributed by atoms with Crippen LogP contribution in [0.2, 0.25) is 0 Å². The Labute approximate surface area is 205 Å². The van der Waals surface area contributed by atoms with Gasteiger partial charge in [0.2, 0.25) is 5.91 Å². The second-order valence-electron chi connectivity index (χ2n) is 9.99. The van der Waals surface area contributed by atoms with Gasteiger partial charge in [0.1, 0.15) is 17.8 Å². The van der Waals surface area contributed by atoms with E-state index in [9.17, 15) is 4.79 Å². The van der Waals surface area contributed by atoms with Gasteiger partial charge in [0.15, 0.2) is 0 Å². The number of hydrogen-bond acceptors (Lipinski definition) is 5. The first-order valence-electron chi connectivity index (χ1n) is 12.0. The summed E-state index contributed by atoms with van der Waals surface area (Å²) in [5.74, 6) is 0.900. The van der Waals surface area contributed by atoms with Crippen molar-refractivity contribution < 1.29 is 9.53 Å². The standard InChI is InChI=1S/C28H31N5O2/c1-28(2,3)21-8-4-19(5-9-21)16-25(34)31-22-10-6-20(7-11-22)24-17-23-26(32-24)29-18-30-27(23)33-12-14-35-15-13-33/h4-11,17-18H,12-16H2,1-3H3,(H,31,34)(H,29,30,32). The number of aromatic amines is 1. The van der Waals surface area contributed by atoms with Crippen molar-refractivity contribution >= 4 is 28.4 Å². The fraction of sp³-hybridized carbons (Fsp3) is 0.321. The number of carbonyl (C=O) groups excluding carboxylic acids is 1. The first kappa shape index (κ1) is 23.1. The molecule has 1 saturated heterocycles. The first-order chi connectivity index (χ1) is 16.9. The lowest BCUT2D eigenvalue weighted by Crippen LogP contribution is -2.36. The van der Waals surface area contributed by atoms with Gasteiger partial charge in [-0.05, 0) is 40.3 Å². The molecule has 0 atom stereocenters. The molecule has 1 aliphatic rings. The van der Waals surface area contributed by atoms with E-state index in [2.05, 4.69) is 64.1 Å². The smallest absolute Gasteiger partial charge is 0.228 e. The molecule has 0 radical (unpaired) electrons. The predicted molar refractivity (Wildman–Crippen MR) is 140 cm³/mol. The third-order valence-electron chi connectivity index (χ3n) is 6.38. The summed E-state index contributed by atoms with van der Waals surface area (Å²) >= 11 is 0. The molecule has 180 valence electrons. The number of rotatable bonds is 5. The van der Waals surface area contributed by atoms with Gasteiger partial charge in [-0.25, -0.2) is 9.97 Å². The van der Waals surface area contributed by atoms with E-state index in [0.29, 0.717) is 19.6 Å². The Bertz CT molecular complexity index is 1310. The highest BCUT2D eigenvalue weighted by Gasteiger charge is 2.18. The minimum atomic E-state index is -0.0303. The largest absolute Gasteiger partial charge is 0.378 e. The van der Waals surface area contributed by atoms with Crippen molar-refractivity contribution in [1.29, 1.82) is 0 Å². The number of benzene rings is 2. The van der Waals surface area contributed by atoms with Crippen molar-refractivity contribution in [3.8, 4) is 11.3 Å². The van der Waals surface area contributed by atoms with Crippen LogP contribution in [0.5, 0.6) is 0 Å². The average molecular weight is 470 g/mol. The summed E-state index contributed by atoms with van der Waals surface area (Å²) in [5, 5.41) is 4.00. The summed E-state index contributed by atoms with van der Waals surface area (Å²) in [6.07, 6.45) is 1.94. The summed E-state index contributed by atoms with van der Waals surface area (Å²) in [4.78, 5) is 27.2. The number of amides is 1. The Hall–Kier alpha value is -3.71. The second-order valence-corrected chi connectivity index (χ2v) is 9.99. The molecule has 1 amide bonds. The third-order valence-corrected chi connectivity index (χ3v) is 6.38. The van der Waals surface area contributed by atoms with E-state index in [1.807, 2.05) is 36.4 Å². The lowest BCUT2D eigenvalue weighted by molar-refractivity contribution is -0.115. The maximum Gasteiger partial charge on any atom is 0.228 e. The summed E-state index contributed by atoms with van der Waals surface area (Å²) in [6, 6.07) is 18.2. The molecule has 7 heteroatoms. The van der Waals surface area contributed by atoms with Gasteiger partial charge in [-0.3, -0.25) is 4.79 Å². The molecular formula is C28H31N5O2. The minimum absolute atomic E-state index is 0.0303. The third kappa shape index (κ3) is 5.20. The van der Waals surface area contributed by atoms with Gasteiger partial charge in [-0.15, -0.1) is 0 Å². The maximum absolute atomic E-state index is 12.6. The number of hydrogen-bond donors (Lipinski definition) is 2. The van der Waals surface area contributed by atoms with Gasteiger partial charge >= 0.3 is 0 Å². The van der Waals surface area contributed by atoms with Gasteiger partial charge in [-0.2, -0.15) is 0 Å². The lowest BCUT2D eigenvalue weighted by Gasteiger charge is -2.27. The Morgan fingerprint density at radius 1 is 1.03 bits per heavy atom. The quantitative estimate of drug-likeness (QED) is 0.433. The van der Waals surface area contributed by atoms with Crippen LogP contribution in [0.4, 0.5) is 11.5 Å². The van der Waals surface area contributed by atoms with E-state index < -0.39 is 0 Å². The molecule has 1 aliphatic heterocycles. The van der Waals surface area contributed by atoms with Crippen LogP contribution in [0, 0.1) is 0 Å². The summed E-state index contributed by atoms with van der Waals surface area (Å²) in [7, 11) is 0.